The summed E-state index contributed by atoms with van der Waals surface area (Å²) in [5, 5.41) is 0. The molecule has 2 saturated heterocycles. The van der Waals surface area contributed by atoms with Crippen molar-refractivity contribution in [1.82, 2.24) is 18.4 Å². The number of rotatable bonds is 9. The van der Waals surface area contributed by atoms with E-state index in [2.05, 4.69) is 4.90 Å². The standard InChI is InChI=1S/C20H38N4O3S/c1-21(2)28(26,27)24(16-15-22-12-5-6-13-22)19-11-14-23(17-19)20(25)10-9-18-7-3-4-8-18/h18-19H,3-17H2,1-2H3. The Morgan fingerprint density at radius 2 is 1.68 bits per heavy atom. The van der Waals surface area contributed by atoms with E-state index in [4.69, 9.17) is 0 Å². The van der Waals surface area contributed by atoms with Crippen molar-refractivity contribution < 1.29 is 13.2 Å². The minimum Gasteiger partial charge on any atom is -0.341 e. The highest BCUT2D eigenvalue weighted by molar-refractivity contribution is 7.86. The Morgan fingerprint density at radius 1 is 1.00 bits per heavy atom. The predicted molar refractivity (Wildman–Crippen MR) is 111 cm³/mol. The van der Waals surface area contributed by atoms with Crippen molar-refractivity contribution in [2.24, 2.45) is 5.92 Å². The van der Waals surface area contributed by atoms with Gasteiger partial charge in [-0.05, 0) is 44.7 Å². The van der Waals surface area contributed by atoms with Crippen LogP contribution in [0.5, 0.6) is 0 Å². The van der Waals surface area contributed by atoms with Crippen LogP contribution in [-0.4, -0.2) is 92.1 Å². The lowest BCUT2D eigenvalue weighted by Crippen LogP contribution is -2.50. The van der Waals surface area contributed by atoms with Gasteiger partial charge in [-0.2, -0.15) is 17.0 Å². The van der Waals surface area contributed by atoms with Crippen LogP contribution in [0.4, 0.5) is 0 Å². The van der Waals surface area contributed by atoms with Gasteiger partial charge in [-0.15, -0.1) is 0 Å². The molecule has 0 radical (unpaired) electrons. The van der Waals surface area contributed by atoms with Crippen molar-refractivity contribution in [3.8, 4) is 0 Å². The fraction of sp³-hybridized carbons (Fsp3) is 0.950. The minimum absolute atomic E-state index is 0.106. The fourth-order valence-electron chi connectivity index (χ4n) is 4.93. The number of hydrogen-bond donors (Lipinski definition) is 0. The molecule has 1 unspecified atom stereocenters. The molecule has 3 fully saturated rings. The first-order valence-electron chi connectivity index (χ1n) is 11.1. The zero-order valence-corrected chi connectivity index (χ0v) is 18.5. The van der Waals surface area contributed by atoms with E-state index in [1.807, 2.05) is 4.90 Å². The summed E-state index contributed by atoms with van der Waals surface area (Å²) in [6.45, 7) is 4.63. The Hall–Kier alpha value is -0.700. The van der Waals surface area contributed by atoms with Crippen LogP contribution in [-0.2, 0) is 15.0 Å². The molecule has 1 aliphatic carbocycles. The van der Waals surface area contributed by atoms with Crippen molar-refractivity contribution in [3.05, 3.63) is 0 Å². The molecular formula is C20H38N4O3S. The van der Waals surface area contributed by atoms with Crippen LogP contribution >= 0.6 is 0 Å². The molecule has 2 aliphatic heterocycles. The lowest BCUT2D eigenvalue weighted by molar-refractivity contribution is -0.130. The number of likely N-dealkylation sites (tertiary alicyclic amines) is 2. The van der Waals surface area contributed by atoms with Gasteiger partial charge in [0.2, 0.25) is 5.91 Å². The van der Waals surface area contributed by atoms with Crippen LogP contribution in [0.1, 0.15) is 57.8 Å². The molecule has 162 valence electrons. The Morgan fingerprint density at radius 3 is 2.32 bits per heavy atom. The van der Waals surface area contributed by atoms with E-state index in [0.29, 0.717) is 32.0 Å². The maximum absolute atomic E-state index is 12.9. The van der Waals surface area contributed by atoms with Crippen LogP contribution in [0.25, 0.3) is 0 Å². The lowest BCUT2D eigenvalue weighted by atomic mass is 10.0. The van der Waals surface area contributed by atoms with E-state index in [9.17, 15) is 13.2 Å². The maximum Gasteiger partial charge on any atom is 0.281 e. The van der Waals surface area contributed by atoms with Gasteiger partial charge in [-0.25, -0.2) is 0 Å². The van der Waals surface area contributed by atoms with Crippen molar-refractivity contribution in [2.45, 2.75) is 63.8 Å². The van der Waals surface area contributed by atoms with Crippen molar-refractivity contribution in [2.75, 3.05) is 53.4 Å². The van der Waals surface area contributed by atoms with E-state index < -0.39 is 10.2 Å². The van der Waals surface area contributed by atoms with Gasteiger partial charge in [0.25, 0.3) is 10.2 Å². The summed E-state index contributed by atoms with van der Waals surface area (Å²) >= 11 is 0. The number of carbonyl (C=O) groups is 1. The van der Waals surface area contributed by atoms with Crippen LogP contribution in [0.15, 0.2) is 0 Å². The van der Waals surface area contributed by atoms with E-state index in [1.165, 1.54) is 42.8 Å². The monoisotopic (exact) mass is 414 g/mol. The topological polar surface area (TPSA) is 64.2 Å². The second-order valence-electron chi connectivity index (χ2n) is 8.92. The van der Waals surface area contributed by atoms with Gasteiger partial charge in [0, 0.05) is 52.7 Å². The maximum atomic E-state index is 12.9. The molecule has 3 aliphatic rings. The largest absolute Gasteiger partial charge is 0.341 e. The first kappa shape index (κ1) is 22.0. The molecule has 1 atom stereocenters. The quantitative estimate of drug-likeness (QED) is 0.577. The van der Waals surface area contributed by atoms with Crippen molar-refractivity contribution >= 4 is 16.1 Å². The van der Waals surface area contributed by atoms with E-state index in [0.717, 1.165) is 32.5 Å². The summed E-state index contributed by atoms with van der Waals surface area (Å²) in [5.74, 6) is 0.921. The third kappa shape index (κ3) is 5.46. The molecule has 1 saturated carbocycles. The SMILES string of the molecule is CN(C)S(=O)(=O)N(CCN1CCCC1)C1CCN(C(=O)CCC2CCCC2)C1. The zero-order valence-electron chi connectivity index (χ0n) is 17.7. The first-order valence-corrected chi connectivity index (χ1v) is 12.5. The van der Waals surface area contributed by atoms with E-state index in [1.54, 1.807) is 18.4 Å². The molecule has 0 aromatic carbocycles. The Kier molecular flexibility index (Phi) is 7.75. The van der Waals surface area contributed by atoms with Crippen LogP contribution in [0, 0.1) is 5.92 Å². The molecule has 7 nitrogen and oxygen atoms in total. The molecule has 0 aromatic heterocycles. The summed E-state index contributed by atoms with van der Waals surface area (Å²) in [4.78, 5) is 16.9. The van der Waals surface area contributed by atoms with Crippen LogP contribution < -0.4 is 0 Å². The number of hydrogen-bond acceptors (Lipinski definition) is 4. The molecule has 0 spiro atoms. The molecule has 1 amide bonds. The predicted octanol–water partition coefficient (Wildman–Crippen LogP) is 1.76. The molecule has 0 bridgehead atoms. The molecule has 28 heavy (non-hydrogen) atoms. The minimum atomic E-state index is -3.49. The van der Waals surface area contributed by atoms with Gasteiger partial charge in [0.05, 0.1) is 0 Å². The van der Waals surface area contributed by atoms with Gasteiger partial charge < -0.3 is 9.80 Å². The number of amides is 1. The van der Waals surface area contributed by atoms with Gasteiger partial charge in [0.1, 0.15) is 0 Å². The van der Waals surface area contributed by atoms with Crippen molar-refractivity contribution in [3.63, 3.8) is 0 Å². The number of carbonyl (C=O) groups excluding carboxylic acids is 1. The molecule has 0 N–H and O–H groups in total. The first-order chi connectivity index (χ1) is 13.4. The third-order valence-electron chi connectivity index (χ3n) is 6.76. The zero-order chi connectivity index (χ0) is 20.1. The summed E-state index contributed by atoms with van der Waals surface area (Å²) in [7, 11) is -0.297. The summed E-state index contributed by atoms with van der Waals surface area (Å²) in [6, 6.07) is -0.106. The highest BCUT2D eigenvalue weighted by atomic mass is 32.2. The molecule has 3 rings (SSSR count). The average molecular weight is 415 g/mol. The molecular weight excluding hydrogens is 376 g/mol. The third-order valence-corrected chi connectivity index (χ3v) is 8.75. The summed E-state index contributed by atoms with van der Waals surface area (Å²) in [5.41, 5.74) is 0. The van der Waals surface area contributed by atoms with Crippen LogP contribution in [0.2, 0.25) is 0 Å². The fourth-order valence-corrected chi connectivity index (χ4v) is 6.21. The second-order valence-corrected chi connectivity index (χ2v) is 11.0. The Balaban J connectivity index is 1.56. The smallest absolute Gasteiger partial charge is 0.281 e. The van der Waals surface area contributed by atoms with Gasteiger partial charge in [-0.1, -0.05) is 25.7 Å². The highest BCUT2D eigenvalue weighted by Gasteiger charge is 2.37. The Bertz CT molecular complexity index is 613. The lowest BCUT2D eigenvalue weighted by Gasteiger charge is -2.32. The van der Waals surface area contributed by atoms with Gasteiger partial charge in [0.15, 0.2) is 0 Å². The summed E-state index contributed by atoms with van der Waals surface area (Å²) in [6.07, 6.45) is 9.89. The number of nitrogens with zero attached hydrogens (tertiary/aromatic N) is 4. The molecule has 8 heteroatoms. The van der Waals surface area contributed by atoms with E-state index in [-0.39, 0.29) is 11.9 Å². The van der Waals surface area contributed by atoms with Gasteiger partial charge in [-0.3, -0.25) is 4.79 Å². The highest BCUT2D eigenvalue weighted by Crippen LogP contribution is 2.29. The Labute approximate surface area is 171 Å². The van der Waals surface area contributed by atoms with E-state index >= 15 is 0 Å². The summed E-state index contributed by atoms with van der Waals surface area (Å²) < 4.78 is 28.8. The second kappa shape index (κ2) is 9.87. The van der Waals surface area contributed by atoms with Crippen molar-refractivity contribution in [1.29, 1.82) is 0 Å². The molecule has 2 heterocycles. The average Bonchev–Trinajstić information content (AvgIpc) is 3.41. The van der Waals surface area contributed by atoms with Gasteiger partial charge >= 0.3 is 0 Å². The normalized spacial score (nSPS) is 24.9. The molecule has 0 aromatic rings. The van der Waals surface area contributed by atoms with Crippen LogP contribution in [0.3, 0.4) is 0 Å².